The second-order valence-corrected chi connectivity index (χ2v) is 18.9. The van der Waals surface area contributed by atoms with Gasteiger partial charge in [-0.15, -0.1) is 0 Å². The van der Waals surface area contributed by atoms with Crippen molar-refractivity contribution in [2.45, 2.75) is 309 Å². The zero-order chi connectivity index (χ0) is 45.1. The van der Waals surface area contributed by atoms with Crippen molar-refractivity contribution in [3.05, 3.63) is 24.3 Å². The lowest BCUT2D eigenvalue weighted by molar-refractivity contribution is -0.143. The van der Waals surface area contributed by atoms with E-state index >= 15 is 0 Å². The number of aliphatic hydroxyl groups excluding tert-OH is 2. The van der Waals surface area contributed by atoms with Crippen molar-refractivity contribution in [1.82, 2.24) is 5.32 Å². The minimum atomic E-state index is -0.848. The molecule has 2 atom stereocenters. The van der Waals surface area contributed by atoms with E-state index in [1.54, 1.807) is 6.08 Å². The molecule has 0 bridgehead atoms. The number of ether oxygens (including phenoxy) is 1. The van der Waals surface area contributed by atoms with E-state index in [-0.39, 0.29) is 18.5 Å². The molecule has 0 saturated carbocycles. The van der Waals surface area contributed by atoms with E-state index in [1.165, 1.54) is 225 Å². The standard InChI is InChI=1S/C56H107NO5/c1-3-5-7-9-11-13-15-17-21-26-30-34-38-42-46-50-56(61)62-51-47-43-39-35-31-27-23-20-19-22-25-29-33-37-41-45-49-55(60)57-53(52-58)54(59)48-44-40-36-32-28-24-18-16-14-12-10-8-6-4-2/h17,21,44,48,53-54,58-59H,3-16,18-20,22-43,45-47,49-52H2,1-2H3,(H,57,60)/b21-17-,48-44+. The third-order valence-corrected chi connectivity index (χ3v) is 12.7. The van der Waals surface area contributed by atoms with Gasteiger partial charge in [-0.1, -0.05) is 250 Å². The summed E-state index contributed by atoms with van der Waals surface area (Å²) in [4.78, 5) is 24.5. The molecule has 366 valence electrons. The Balaban J connectivity index is 3.45. The molecule has 0 rings (SSSR count). The molecular weight excluding hydrogens is 767 g/mol. The van der Waals surface area contributed by atoms with Crippen LogP contribution in [0.5, 0.6) is 0 Å². The average molecular weight is 874 g/mol. The molecule has 0 aliphatic carbocycles. The summed E-state index contributed by atoms with van der Waals surface area (Å²) in [6.45, 7) is 4.88. The van der Waals surface area contributed by atoms with Crippen LogP contribution in [0.25, 0.3) is 0 Å². The minimum absolute atomic E-state index is 0.00581. The lowest BCUT2D eigenvalue weighted by atomic mass is 10.0. The fourth-order valence-corrected chi connectivity index (χ4v) is 8.45. The highest BCUT2D eigenvalue weighted by molar-refractivity contribution is 5.76. The molecule has 0 aromatic rings. The van der Waals surface area contributed by atoms with E-state index in [9.17, 15) is 19.8 Å². The number of aliphatic hydroxyl groups is 2. The van der Waals surface area contributed by atoms with Crippen molar-refractivity contribution in [2.75, 3.05) is 13.2 Å². The topological polar surface area (TPSA) is 95.9 Å². The van der Waals surface area contributed by atoms with Gasteiger partial charge in [-0.25, -0.2) is 0 Å². The van der Waals surface area contributed by atoms with Crippen molar-refractivity contribution in [2.24, 2.45) is 0 Å². The van der Waals surface area contributed by atoms with Crippen LogP contribution in [0, 0.1) is 0 Å². The number of rotatable bonds is 51. The van der Waals surface area contributed by atoms with Crippen LogP contribution in [0.2, 0.25) is 0 Å². The Bertz CT molecular complexity index is 966. The van der Waals surface area contributed by atoms with Gasteiger partial charge in [-0.05, 0) is 57.8 Å². The largest absolute Gasteiger partial charge is 0.466 e. The summed E-state index contributed by atoms with van der Waals surface area (Å²) in [6, 6.07) is -0.632. The number of carbonyl (C=O) groups is 2. The Morgan fingerprint density at radius 1 is 0.435 bits per heavy atom. The van der Waals surface area contributed by atoms with Gasteiger partial charge in [-0.2, -0.15) is 0 Å². The molecule has 0 fully saturated rings. The van der Waals surface area contributed by atoms with Crippen molar-refractivity contribution in [3.8, 4) is 0 Å². The highest BCUT2D eigenvalue weighted by Gasteiger charge is 2.18. The molecule has 3 N–H and O–H groups in total. The molecule has 0 aromatic heterocycles. The van der Waals surface area contributed by atoms with Crippen LogP contribution in [-0.2, 0) is 14.3 Å². The third-order valence-electron chi connectivity index (χ3n) is 12.7. The molecule has 0 aliphatic rings. The average Bonchev–Trinajstić information content (AvgIpc) is 3.27. The Morgan fingerprint density at radius 3 is 1.15 bits per heavy atom. The number of hydrogen-bond acceptors (Lipinski definition) is 5. The monoisotopic (exact) mass is 874 g/mol. The first-order valence-electron chi connectivity index (χ1n) is 27.6. The maximum absolute atomic E-state index is 12.4. The zero-order valence-corrected chi connectivity index (χ0v) is 41.6. The summed E-state index contributed by atoms with van der Waals surface area (Å²) in [5.74, 6) is -0.0803. The summed E-state index contributed by atoms with van der Waals surface area (Å²) < 4.78 is 5.47. The molecule has 0 aliphatic heterocycles. The number of hydrogen-bond donors (Lipinski definition) is 3. The summed E-state index contributed by atoms with van der Waals surface area (Å²) in [5, 5.41) is 23.1. The molecule has 0 radical (unpaired) electrons. The molecule has 0 saturated heterocycles. The highest BCUT2D eigenvalue weighted by Crippen LogP contribution is 2.16. The van der Waals surface area contributed by atoms with Crippen LogP contribution in [0.1, 0.15) is 296 Å². The molecule has 6 heteroatoms. The number of nitrogens with one attached hydrogen (secondary N) is 1. The minimum Gasteiger partial charge on any atom is -0.466 e. The van der Waals surface area contributed by atoms with Gasteiger partial charge in [-0.3, -0.25) is 9.59 Å². The van der Waals surface area contributed by atoms with Gasteiger partial charge in [0.1, 0.15) is 0 Å². The van der Waals surface area contributed by atoms with Crippen molar-refractivity contribution in [3.63, 3.8) is 0 Å². The first-order valence-corrected chi connectivity index (χ1v) is 27.6. The van der Waals surface area contributed by atoms with Gasteiger partial charge < -0.3 is 20.3 Å². The lowest BCUT2D eigenvalue weighted by Crippen LogP contribution is -2.45. The predicted molar refractivity (Wildman–Crippen MR) is 269 cm³/mol. The van der Waals surface area contributed by atoms with Gasteiger partial charge in [0.2, 0.25) is 5.91 Å². The molecule has 0 heterocycles. The van der Waals surface area contributed by atoms with E-state index < -0.39 is 12.1 Å². The summed E-state index contributed by atoms with van der Waals surface area (Å²) >= 11 is 0. The maximum Gasteiger partial charge on any atom is 0.305 e. The SMILES string of the molecule is CCCCCCCC/C=C\CCCCCCCC(=O)OCCCCCCCCCCCCCCCCCCC(=O)NC(CO)C(O)/C=C/CCCCCCCCCCCCCC. The molecule has 6 nitrogen and oxygen atoms in total. The van der Waals surface area contributed by atoms with E-state index in [2.05, 4.69) is 31.3 Å². The number of unbranched alkanes of at least 4 members (excludes halogenated alkanes) is 38. The Labute approximate surface area is 386 Å². The fourth-order valence-electron chi connectivity index (χ4n) is 8.45. The molecular formula is C56H107NO5. The zero-order valence-electron chi connectivity index (χ0n) is 41.6. The van der Waals surface area contributed by atoms with Crippen molar-refractivity contribution in [1.29, 1.82) is 0 Å². The Kier molecular flexibility index (Phi) is 50.6. The van der Waals surface area contributed by atoms with Crippen LogP contribution in [0.15, 0.2) is 24.3 Å². The first kappa shape index (κ1) is 60.3. The Hall–Kier alpha value is -1.66. The summed E-state index contributed by atoms with van der Waals surface area (Å²) in [7, 11) is 0. The summed E-state index contributed by atoms with van der Waals surface area (Å²) in [6.07, 6.45) is 61.8. The second-order valence-electron chi connectivity index (χ2n) is 18.9. The van der Waals surface area contributed by atoms with Gasteiger partial charge >= 0.3 is 5.97 Å². The molecule has 2 unspecified atom stereocenters. The Morgan fingerprint density at radius 2 is 0.758 bits per heavy atom. The highest BCUT2D eigenvalue weighted by atomic mass is 16.5. The normalized spacial score (nSPS) is 12.8. The van der Waals surface area contributed by atoms with E-state index in [1.807, 2.05) is 6.08 Å². The van der Waals surface area contributed by atoms with Crippen LogP contribution in [0.3, 0.4) is 0 Å². The van der Waals surface area contributed by atoms with Crippen LogP contribution in [-0.4, -0.2) is 47.4 Å². The molecule has 62 heavy (non-hydrogen) atoms. The van der Waals surface area contributed by atoms with Crippen molar-refractivity contribution < 1.29 is 24.5 Å². The van der Waals surface area contributed by atoms with Crippen LogP contribution in [0.4, 0.5) is 0 Å². The number of allylic oxidation sites excluding steroid dienone is 3. The molecule has 0 spiro atoms. The number of carbonyl (C=O) groups excluding carboxylic acids is 2. The smallest absolute Gasteiger partial charge is 0.305 e. The van der Waals surface area contributed by atoms with Gasteiger partial charge in [0.15, 0.2) is 0 Å². The summed E-state index contributed by atoms with van der Waals surface area (Å²) in [5.41, 5.74) is 0. The van der Waals surface area contributed by atoms with Crippen molar-refractivity contribution >= 4 is 11.9 Å². The molecule has 1 amide bonds. The fraction of sp³-hybridized carbons (Fsp3) is 0.893. The quantitative estimate of drug-likeness (QED) is 0.0321. The van der Waals surface area contributed by atoms with Crippen LogP contribution < -0.4 is 5.32 Å². The van der Waals surface area contributed by atoms with Gasteiger partial charge in [0.25, 0.3) is 0 Å². The van der Waals surface area contributed by atoms with Gasteiger partial charge in [0, 0.05) is 12.8 Å². The van der Waals surface area contributed by atoms with E-state index in [4.69, 9.17) is 4.74 Å². The van der Waals surface area contributed by atoms with E-state index in [0.29, 0.717) is 19.4 Å². The molecule has 0 aromatic carbocycles. The second kappa shape index (κ2) is 52.0. The van der Waals surface area contributed by atoms with Crippen LogP contribution >= 0.6 is 0 Å². The lowest BCUT2D eigenvalue weighted by Gasteiger charge is -2.20. The number of amides is 1. The van der Waals surface area contributed by atoms with E-state index in [0.717, 1.165) is 44.9 Å². The third kappa shape index (κ3) is 47.8. The predicted octanol–water partition coefficient (Wildman–Crippen LogP) is 16.7. The number of esters is 1. The first-order chi connectivity index (χ1) is 30.5. The maximum atomic E-state index is 12.4. The van der Waals surface area contributed by atoms with Gasteiger partial charge in [0.05, 0.1) is 25.4 Å².